The number of piperidine rings is 1. The highest BCUT2D eigenvalue weighted by molar-refractivity contribution is 5.89. The topological polar surface area (TPSA) is 77.7 Å². The molecule has 0 radical (unpaired) electrons. The summed E-state index contributed by atoms with van der Waals surface area (Å²) in [5.41, 5.74) is 0.544. The van der Waals surface area contributed by atoms with Crippen molar-refractivity contribution in [2.75, 3.05) is 31.2 Å². The van der Waals surface area contributed by atoms with E-state index in [1.807, 2.05) is 12.1 Å². The van der Waals surface area contributed by atoms with E-state index in [1.165, 1.54) is 0 Å². The lowest BCUT2D eigenvalue weighted by Crippen LogP contribution is -2.34. The molecule has 2 aromatic rings. The van der Waals surface area contributed by atoms with Gasteiger partial charge >= 0.3 is 12.0 Å². The molecule has 0 aliphatic carbocycles. The third kappa shape index (κ3) is 4.74. The maximum absolute atomic E-state index is 11.6. The highest BCUT2D eigenvalue weighted by atomic mass is 16.5. The monoisotopic (exact) mass is 359 g/mol. The van der Waals surface area contributed by atoms with Crippen LogP contribution < -0.4 is 9.64 Å². The van der Waals surface area contributed by atoms with E-state index in [9.17, 15) is 4.79 Å². The summed E-state index contributed by atoms with van der Waals surface area (Å²) in [6, 6.07) is 7.72. The zero-order valence-corrected chi connectivity index (χ0v) is 15.3. The molecule has 7 heteroatoms. The van der Waals surface area contributed by atoms with Crippen molar-refractivity contribution in [2.24, 2.45) is 5.92 Å². The van der Waals surface area contributed by atoms with Gasteiger partial charge in [0.25, 0.3) is 0 Å². The second-order valence-electron chi connectivity index (χ2n) is 6.42. The van der Waals surface area contributed by atoms with E-state index in [1.54, 1.807) is 26.0 Å². The normalized spacial score (nSPS) is 15.1. The molecule has 3 rings (SSSR count). The Morgan fingerprint density at radius 3 is 2.58 bits per heavy atom. The summed E-state index contributed by atoms with van der Waals surface area (Å²) in [5, 5.41) is 7.96. The Bertz CT molecular complexity index is 706. The van der Waals surface area contributed by atoms with Crippen LogP contribution in [-0.4, -0.2) is 42.5 Å². The molecule has 1 fully saturated rings. The molecule has 2 heterocycles. The highest BCUT2D eigenvalue weighted by Crippen LogP contribution is 2.24. The summed E-state index contributed by atoms with van der Waals surface area (Å²) >= 11 is 0. The first kappa shape index (κ1) is 18.2. The van der Waals surface area contributed by atoms with Crippen LogP contribution in [0.15, 0.2) is 28.7 Å². The highest BCUT2D eigenvalue weighted by Gasteiger charge is 2.22. The number of benzene rings is 1. The molecule has 0 atom stereocenters. The Balaban J connectivity index is 1.38. The minimum Gasteiger partial charge on any atom is -0.494 e. The lowest BCUT2D eigenvalue weighted by Gasteiger charge is -2.30. The molecule has 7 nitrogen and oxygen atoms in total. The first-order valence-corrected chi connectivity index (χ1v) is 9.10. The Kier molecular flexibility index (Phi) is 6.09. The first-order chi connectivity index (χ1) is 12.7. The quantitative estimate of drug-likeness (QED) is 0.702. The van der Waals surface area contributed by atoms with Gasteiger partial charge in [0.2, 0.25) is 5.89 Å². The van der Waals surface area contributed by atoms with Crippen LogP contribution in [0.25, 0.3) is 0 Å². The molecule has 0 saturated carbocycles. The number of esters is 1. The zero-order chi connectivity index (χ0) is 18.4. The van der Waals surface area contributed by atoms with Gasteiger partial charge in [0.15, 0.2) is 0 Å². The maximum atomic E-state index is 11.6. The molecule has 1 saturated heterocycles. The minimum absolute atomic E-state index is 0.303. The summed E-state index contributed by atoms with van der Waals surface area (Å²) in [6.07, 6.45) is 3.19. The Morgan fingerprint density at radius 1 is 1.23 bits per heavy atom. The average Bonchev–Trinajstić information content (AvgIpc) is 3.09. The van der Waals surface area contributed by atoms with Crippen molar-refractivity contribution in [3.8, 4) is 5.75 Å². The van der Waals surface area contributed by atoms with Gasteiger partial charge in [-0.15, -0.1) is 5.10 Å². The summed E-state index contributed by atoms with van der Waals surface area (Å²) < 4.78 is 16.3. The fourth-order valence-electron chi connectivity index (χ4n) is 3.07. The molecular weight excluding hydrogens is 334 g/mol. The number of carbonyl (C=O) groups excluding carboxylic acids is 1. The van der Waals surface area contributed by atoms with Crippen molar-refractivity contribution < 1.29 is 18.7 Å². The summed E-state index contributed by atoms with van der Waals surface area (Å²) in [5.74, 6) is 1.71. The van der Waals surface area contributed by atoms with Crippen LogP contribution in [0.3, 0.4) is 0 Å². The number of nitrogens with zero attached hydrogens (tertiary/aromatic N) is 3. The number of ether oxygens (including phenoxy) is 2. The van der Waals surface area contributed by atoms with Crippen molar-refractivity contribution in [2.45, 2.75) is 33.1 Å². The average molecular weight is 359 g/mol. The van der Waals surface area contributed by atoms with Crippen molar-refractivity contribution in [3.05, 3.63) is 35.7 Å². The number of hydrogen-bond donors (Lipinski definition) is 0. The van der Waals surface area contributed by atoms with Crippen LogP contribution in [0.2, 0.25) is 0 Å². The molecule has 1 aliphatic heterocycles. The molecule has 0 unspecified atom stereocenters. The number of aryl methyl sites for hydroxylation is 1. The van der Waals surface area contributed by atoms with Gasteiger partial charge in [-0.25, -0.2) is 4.79 Å². The second-order valence-corrected chi connectivity index (χ2v) is 6.42. The van der Waals surface area contributed by atoms with E-state index in [0.717, 1.165) is 38.1 Å². The number of hydrogen-bond acceptors (Lipinski definition) is 7. The molecule has 1 aliphatic rings. The number of rotatable bonds is 7. The Morgan fingerprint density at radius 2 is 1.96 bits per heavy atom. The smallest absolute Gasteiger partial charge is 0.338 e. The minimum atomic E-state index is -0.303. The SMILES string of the molecule is CCOC(=O)c1ccc(OCCC2CCN(c3nnc(C)o3)CC2)cc1. The van der Waals surface area contributed by atoms with Gasteiger partial charge in [-0.3, -0.25) is 0 Å². The summed E-state index contributed by atoms with van der Waals surface area (Å²) in [7, 11) is 0. The lowest BCUT2D eigenvalue weighted by atomic mass is 9.94. The van der Waals surface area contributed by atoms with Crippen LogP contribution in [0.1, 0.15) is 42.4 Å². The van der Waals surface area contributed by atoms with Crippen LogP contribution in [-0.2, 0) is 4.74 Å². The molecule has 1 aromatic carbocycles. The van der Waals surface area contributed by atoms with Gasteiger partial charge in [0, 0.05) is 20.0 Å². The molecule has 1 aromatic heterocycles. The first-order valence-electron chi connectivity index (χ1n) is 9.10. The zero-order valence-electron chi connectivity index (χ0n) is 15.3. The number of aromatic nitrogens is 2. The van der Waals surface area contributed by atoms with Crippen molar-refractivity contribution in [1.29, 1.82) is 0 Å². The van der Waals surface area contributed by atoms with Crippen LogP contribution in [0, 0.1) is 12.8 Å². The van der Waals surface area contributed by atoms with Crippen molar-refractivity contribution >= 4 is 12.0 Å². The summed E-state index contributed by atoms with van der Waals surface area (Å²) in [4.78, 5) is 13.8. The molecular formula is C19H25N3O4. The van der Waals surface area contributed by atoms with Gasteiger partial charge in [-0.05, 0) is 56.4 Å². The molecule has 0 bridgehead atoms. The Labute approximate surface area is 153 Å². The molecule has 0 N–H and O–H groups in total. The Hall–Kier alpha value is -2.57. The van der Waals surface area contributed by atoms with E-state index in [4.69, 9.17) is 13.9 Å². The van der Waals surface area contributed by atoms with E-state index >= 15 is 0 Å². The predicted octanol–water partition coefficient (Wildman–Crippen LogP) is 3.24. The fraction of sp³-hybridized carbons (Fsp3) is 0.526. The van der Waals surface area contributed by atoms with Crippen LogP contribution in [0.5, 0.6) is 5.75 Å². The third-order valence-electron chi connectivity index (χ3n) is 4.56. The lowest BCUT2D eigenvalue weighted by molar-refractivity contribution is 0.0526. The fourth-order valence-corrected chi connectivity index (χ4v) is 3.07. The van der Waals surface area contributed by atoms with E-state index < -0.39 is 0 Å². The molecule has 0 amide bonds. The van der Waals surface area contributed by atoms with E-state index in [2.05, 4.69) is 15.1 Å². The van der Waals surface area contributed by atoms with Gasteiger partial charge in [0.05, 0.1) is 18.8 Å². The summed E-state index contributed by atoms with van der Waals surface area (Å²) in [6.45, 7) is 6.51. The van der Waals surface area contributed by atoms with Gasteiger partial charge in [0.1, 0.15) is 5.75 Å². The van der Waals surface area contributed by atoms with Gasteiger partial charge in [-0.1, -0.05) is 5.10 Å². The van der Waals surface area contributed by atoms with Gasteiger partial charge < -0.3 is 18.8 Å². The van der Waals surface area contributed by atoms with E-state index in [-0.39, 0.29) is 5.97 Å². The van der Waals surface area contributed by atoms with Crippen LogP contribution in [0.4, 0.5) is 6.01 Å². The number of anilines is 1. The third-order valence-corrected chi connectivity index (χ3v) is 4.56. The largest absolute Gasteiger partial charge is 0.494 e. The molecule has 0 spiro atoms. The molecule has 26 heavy (non-hydrogen) atoms. The van der Waals surface area contributed by atoms with Crippen LogP contribution >= 0.6 is 0 Å². The second kappa shape index (κ2) is 8.69. The predicted molar refractivity (Wildman–Crippen MR) is 96.5 cm³/mol. The molecule has 140 valence electrons. The number of carbonyl (C=O) groups is 1. The van der Waals surface area contributed by atoms with Crippen molar-refractivity contribution in [1.82, 2.24) is 10.2 Å². The maximum Gasteiger partial charge on any atom is 0.338 e. The van der Waals surface area contributed by atoms with Crippen molar-refractivity contribution in [3.63, 3.8) is 0 Å². The van der Waals surface area contributed by atoms with Gasteiger partial charge in [-0.2, -0.15) is 0 Å². The van der Waals surface area contributed by atoms with E-state index in [0.29, 0.717) is 36.6 Å². The standard InChI is InChI=1S/C19H25N3O4/c1-3-24-18(23)16-4-6-17(7-5-16)25-13-10-15-8-11-22(12-9-15)19-21-20-14(2)26-19/h4-7,15H,3,8-13H2,1-2H3.